The minimum Gasteiger partial charge on any atom is -0.459 e. The Morgan fingerprint density at radius 3 is 2.25 bits per heavy atom. The average molecular weight is 554 g/mol. The van der Waals surface area contributed by atoms with Gasteiger partial charge in [-0.15, -0.1) is 6.58 Å². The number of hydrogen-bond acceptors (Lipinski definition) is 9. The minimum atomic E-state index is -1.08. The van der Waals surface area contributed by atoms with Crippen LogP contribution in [0.25, 0.3) is 0 Å². The molecule has 10 heteroatoms. The zero-order chi connectivity index (χ0) is 28.3. The average Bonchev–Trinajstić information content (AvgIpc) is 2.98. The van der Waals surface area contributed by atoms with Gasteiger partial charge in [-0.1, -0.05) is 42.5 Å². The Labute approximate surface area is 233 Å². The van der Waals surface area contributed by atoms with E-state index in [1.165, 1.54) is 13.0 Å². The first-order valence-corrected chi connectivity index (χ1v) is 13.4. The lowest BCUT2D eigenvalue weighted by Gasteiger charge is -2.46. The van der Waals surface area contributed by atoms with E-state index >= 15 is 0 Å². The predicted octanol–water partition coefficient (Wildman–Crippen LogP) is 3.41. The van der Waals surface area contributed by atoms with E-state index in [-0.39, 0.29) is 19.1 Å². The van der Waals surface area contributed by atoms with Gasteiger partial charge in [-0.05, 0) is 43.5 Å². The molecule has 6 atom stereocenters. The Morgan fingerprint density at radius 1 is 0.975 bits per heavy atom. The van der Waals surface area contributed by atoms with E-state index in [2.05, 4.69) is 11.9 Å². The van der Waals surface area contributed by atoms with E-state index in [1.807, 2.05) is 0 Å². The minimum absolute atomic E-state index is 0.0912. The number of esters is 2. The number of hydrogen-bond donors (Lipinski definition) is 1. The summed E-state index contributed by atoms with van der Waals surface area (Å²) < 4.78 is 35.9. The quantitative estimate of drug-likeness (QED) is 0.330. The van der Waals surface area contributed by atoms with Crippen LogP contribution in [0, 0.1) is 0 Å². The summed E-state index contributed by atoms with van der Waals surface area (Å²) in [6, 6.07) is 16.1. The Kier molecular flexibility index (Phi) is 10.8. The largest absolute Gasteiger partial charge is 0.459 e. The van der Waals surface area contributed by atoms with E-state index in [1.54, 1.807) is 60.7 Å². The topological polar surface area (TPSA) is 119 Å². The van der Waals surface area contributed by atoms with Crippen molar-refractivity contribution in [2.45, 2.75) is 63.1 Å². The third-order valence-corrected chi connectivity index (χ3v) is 6.48. The van der Waals surface area contributed by atoms with Crippen molar-refractivity contribution >= 4 is 17.8 Å². The highest BCUT2D eigenvalue weighted by molar-refractivity contribution is 5.90. The second-order valence-electron chi connectivity index (χ2n) is 9.49. The van der Waals surface area contributed by atoms with Gasteiger partial charge in [-0.25, -0.2) is 9.59 Å². The van der Waals surface area contributed by atoms with Gasteiger partial charge in [-0.2, -0.15) is 0 Å². The number of nitrogens with one attached hydrogen (secondary N) is 1. The molecule has 2 aliphatic rings. The van der Waals surface area contributed by atoms with Gasteiger partial charge in [0.05, 0.1) is 17.7 Å². The van der Waals surface area contributed by atoms with Crippen molar-refractivity contribution in [3.63, 3.8) is 0 Å². The summed E-state index contributed by atoms with van der Waals surface area (Å²) >= 11 is 0. The number of benzene rings is 2. The van der Waals surface area contributed by atoms with Crippen LogP contribution in [0.2, 0.25) is 0 Å². The normalized spacial score (nSPS) is 26.3. The Balaban J connectivity index is 1.65. The highest BCUT2D eigenvalue weighted by Crippen LogP contribution is 2.31. The number of rotatable bonds is 11. The molecule has 2 aliphatic heterocycles. The maximum absolute atomic E-state index is 13.3. The first kappa shape index (κ1) is 29.4. The standard InChI is InChI=1S/C30H35NO9/c1-3-17-36-30-25(31-20(2)32)27(40-29(34)22-14-8-5-9-15-22)26(39-24-16-10-11-18-35-24)23(38-30)19-37-28(33)21-12-6-4-7-13-21/h3-9,12-15,23-27,30H,1,10-11,16-19H2,2H3,(H,31,32)/t23-,24?,25-,26+,27-,30-/m1/s1. The van der Waals surface area contributed by atoms with Gasteiger partial charge in [0.15, 0.2) is 18.7 Å². The Morgan fingerprint density at radius 2 is 1.65 bits per heavy atom. The van der Waals surface area contributed by atoms with E-state index in [4.69, 9.17) is 28.4 Å². The van der Waals surface area contributed by atoms with Crippen LogP contribution in [-0.4, -0.2) is 74.6 Å². The molecule has 0 radical (unpaired) electrons. The van der Waals surface area contributed by atoms with Crippen LogP contribution < -0.4 is 5.32 Å². The van der Waals surface area contributed by atoms with Crippen LogP contribution in [0.4, 0.5) is 0 Å². The fourth-order valence-electron chi connectivity index (χ4n) is 4.61. The lowest BCUT2D eigenvalue weighted by atomic mass is 9.95. The van der Waals surface area contributed by atoms with Gasteiger partial charge >= 0.3 is 11.9 Å². The lowest BCUT2D eigenvalue weighted by Crippen LogP contribution is -2.67. The van der Waals surface area contributed by atoms with Gasteiger partial charge in [0, 0.05) is 13.5 Å². The number of carbonyl (C=O) groups is 3. The van der Waals surface area contributed by atoms with Crippen molar-refractivity contribution in [3.05, 3.63) is 84.4 Å². The first-order valence-electron chi connectivity index (χ1n) is 13.4. The fourth-order valence-corrected chi connectivity index (χ4v) is 4.61. The number of carbonyl (C=O) groups excluding carboxylic acids is 3. The molecule has 2 saturated heterocycles. The molecule has 0 bridgehead atoms. The molecule has 2 fully saturated rings. The summed E-state index contributed by atoms with van der Waals surface area (Å²) in [6.45, 7) is 5.40. The SMILES string of the molecule is C=CCO[C@@H]1O[C@H](COC(=O)c2ccccc2)[C@H](OC2CCCCO2)[C@H](OC(=O)c2ccccc2)[C@H]1NC(C)=O. The van der Waals surface area contributed by atoms with Crippen molar-refractivity contribution in [2.75, 3.05) is 19.8 Å². The second-order valence-corrected chi connectivity index (χ2v) is 9.49. The van der Waals surface area contributed by atoms with E-state index < -0.39 is 48.9 Å². The van der Waals surface area contributed by atoms with Crippen molar-refractivity contribution < 1.29 is 42.8 Å². The molecule has 10 nitrogen and oxygen atoms in total. The third-order valence-electron chi connectivity index (χ3n) is 6.48. The highest BCUT2D eigenvalue weighted by Gasteiger charge is 2.51. The first-order chi connectivity index (χ1) is 19.5. The smallest absolute Gasteiger partial charge is 0.338 e. The molecule has 2 aromatic rings. The summed E-state index contributed by atoms with van der Waals surface area (Å²) in [6.07, 6.45) is -0.704. The Bertz CT molecular complexity index is 1120. The highest BCUT2D eigenvalue weighted by atomic mass is 16.7. The molecule has 214 valence electrons. The summed E-state index contributed by atoms with van der Waals surface area (Å²) in [4.78, 5) is 38.3. The molecule has 1 N–H and O–H groups in total. The molecular weight excluding hydrogens is 518 g/mol. The maximum atomic E-state index is 13.3. The van der Waals surface area contributed by atoms with E-state index in [0.29, 0.717) is 24.2 Å². The predicted molar refractivity (Wildman–Crippen MR) is 143 cm³/mol. The molecule has 40 heavy (non-hydrogen) atoms. The van der Waals surface area contributed by atoms with Crippen LogP contribution in [0.5, 0.6) is 0 Å². The third kappa shape index (κ3) is 7.98. The van der Waals surface area contributed by atoms with E-state index in [9.17, 15) is 14.4 Å². The Hall–Kier alpha value is -3.57. The molecule has 1 unspecified atom stereocenters. The molecule has 0 saturated carbocycles. The lowest BCUT2D eigenvalue weighted by molar-refractivity contribution is -0.304. The molecule has 4 rings (SSSR count). The molecule has 1 amide bonds. The molecule has 2 heterocycles. The van der Waals surface area contributed by atoms with E-state index in [0.717, 1.165) is 12.8 Å². The van der Waals surface area contributed by atoms with Crippen LogP contribution in [0.1, 0.15) is 46.9 Å². The van der Waals surface area contributed by atoms with Gasteiger partial charge in [0.25, 0.3) is 0 Å². The zero-order valence-corrected chi connectivity index (χ0v) is 22.4. The summed E-state index contributed by atoms with van der Waals surface area (Å²) in [5, 5.41) is 2.80. The van der Waals surface area contributed by atoms with Crippen molar-refractivity contribution in [2.24, 2.45) is 0 Å². The van der Waals surface area contributed by atoms with Gasteiger partial charge in [0.1, 0.15) is 24.9 Å². The van der Waals surface area contributed by atoms with Crippen LogP contribution in [0.15, 0.2) is 73.3 Å². The van der Waals surface area contributed by atoms with Gasteiger partial charge in [-0.3, -0.25) is 4.79 Å². The monoisotopic (exact) mass is 553 g/mol. The summed E-state index contributed by atoms with van der Waals surface area (Å²) in [5.41, 5.74) is 0.688. The molecule has 0 spiro atoms. The number of ether oxygens (including phenoxy) is 6. The molecular formula is C30H35NO9. The summed E-state index contributed by atoms with van der Waals surface area (Å²) in [5.74, 6) is -1.56. The van der Waals surface area contributed by atoms with Crippen LogP contribution in [0.3, 0.4) is 0 Å². The maximum Gasteiger partial charge on any atom is 0.338 e. The second kappa shape index (κ2) is 14.7. The van der Waals surface area contributed by atoms with Crippen molar-refractivity contribution in [1.82, 2.24) is 5.32 Å². The van der Waals surface area contributed by atoms with Crippen molar-refractivity contribution in [3.8, 4) is 0 Å². The summed E-state index contributed by atoms with van der Waals surface area (Å²) in [7, 11) is 0. The van der Waals surface area contributed by atoms with Crippen LogP contribution >= 0.6 is 0 Å². The molecule has 2 aromatic carbocycles. The zero-order valence-electron chi connectivity index (χ0n) is 22.4. The molecule has 0 aromatic heterocycles. The van der Waals surface area contributed by atoms with Crippen molar-refractivity contribution in [1.29, 1.82) is 0 Å². The fraction of sp³-hybridized carbons (Fsp3) is 0.433. The van der Waals surface area contributed by atoms with Gasteiger partial charge in [0.2, 0.25) is 5.91 Å². The molecule has 0 aliphatic carbocycles. The van der Waals surface area contributed by atoms with Gasteiger partial charge < -0.3 is 33.7 Å². The number of amides is 1. The van der Waals surface area contributed by atoms with Crippen LogP contribution in [-0.2, 0) is 33.2 Å².